The summed E-state index contributed by atoms with van der Waals surface area (Å²) in [6.07, 6.45) is 1.09. The lowest BCUT2D eigenvalue weighted by Crippen LogP contribution is -2.17. The summed E-state index contributed by atoms with van der Waals surface area (Å²) in [6, 6.07) is 5.67. The van der Waals surface area contributed by atoms with Gasteiger partial charge in [-0.05, 0) is 36.0 Å². The van der Waals surface area contributed by atoms with Crippen LogP contribution in [0.4, 0.5) is 4.79 Å². The molecule has 0 fully saturated rings. The van der Waals surface area contributed by atoms with Crippen LogP contribution in [0.3, 0.4) is 0 Å². The minimum absolute atomic E-state index is 0.218. The van der Waals surface area contributed by atoms with Crippen LogP contribution in [0.5, 0.6) is 5.75 Å². The Morgan fingerprint density at radius 3 is 2.08 bits per heavy atom. The normalized spacial score (nSPS) is 12.3. The highest BCUT2D eigenvalue weighted by atomic mass is 16.5. The van der Waals surface area contributed by atoms with E-state index < -0.39 is 6.09 Å². The van der Waals surface area contributed by atoms with Gasteiger partial charge in [-0.25, -0.2) is 4.79 Å². The van der Waals surface area contributed by atoms with E-state index in [1.165, 1.54) is 4.68 Å². The number of hydrogen-bond acceptors (Lipinski definition) is 4. The first-order valence-corrected chi connectivity index (χ1v) is 8.56. The van der Waals surface area contributed by atoms with Crippen LogP contribution in [-0.4, -0.2) is 27.6 Å². The molecule has 0 aliphatic rings. The molecule has 2 rings (SSSR count). The molecule has 5 heteroatoms. The molecule has 0 radical (unpaired) electrons. The Bertz CT molecular complexity index is 742. The molecule has 0 saturated heterocycles. The summed E-state index contributed by atoms with van der Waals surface area (Å²) in [5.74, 6) is 0.327. The third-order valence-corrected chi connectivity index (χ3v) is 4.07. The number of ether oxygens (including phenoxy) is 1. The molecule has 2 aromatic rings. The molecule has 5 nitrogen and oxygen atoms in total. The number of hydrogen-bond donors (Lipinski definition) is 1. The van der Waals surface area contributed by atoms with Gasteiger partial charge in [-0.2, -0.15) is 9.78 Å². The maximum atomic E-state index is 11.8. The minimum atomic E-state index is -0.500. The number of carbonyl (C=O) groups is 1. The monoisotopic (exact) mass is 344 g/mol. The lowest BCUT2D eigenvalue weighted by Gasteiger charge is -2.28. The third kappa shape index (κ3) is 4.03. The van der Waals surface area contributed by atoms with Gasteiger partial charge in [0.25, 0.3) is 0 Å². The molecule has 0 aliphatic carbocycles. The maximum absolute atomic E-state index is 11.8. The summed E-state index contributed by atoms with van der Waals surface area (Å²) in [6.45, 7) is 14.4. The van der Waals surface area contributed by atoms with Crippen molar-refractivity contribution in [2.24, 2.45) is 0 Å². The number of phenols is 1. The molecule has 0 unspecified atom stereocenters. The Kier molecular flexibility index (Phi) is 4.98. The standard InChI is InChI=1S/C20H28N2O3/c1-8-25-18(24)22-10-9-16(21-22)13-11-14(19(2,3)4)17(23)15(12-13)20(5,6)7/h9-12,23H,8H2,1-7H3. The lowest BCUT2D eigenvalue weighted by molar-refractivity contribution is 0.150. The van der Waals surface area contributed by atoms with Crippen molar-refractivity contribution in [2.45, 2.75) is 59.3 Å². The van der Waals surface area contributed by atoms with Gasteiger partial charge in [0.2, 0.25) is 0 Å². The fourth-order valence-electron chi connectivity index (χ4n) is 2.69. The quantitative estimate of drug-likeness (QED) is 0.845. The number of rotatable bonds is 2. The molecular weight excluding hydrogens is 316 g/mol. The van der Waals surface area contributed by atoms with Crippen molar-refractivity contribution < 1.29 is 14.6 Å². The molecular formula is C20H28N2O3. The van der Waals surface area contributed by atoms with Gasteiger partial charge < -0.3 is 9.84 Å². The van der Waals surface area contributed by atoms with E-state index >= 15 is 0 Å². The minimum Gasteiger partial charge on any atom is -0.507 e. The summed E-state index contributed by atoms with van der Waals surface area (Å²) < 4.78 is 6.17. The van der Waals surface area contributed by atoms with Gasteiger partial charge in [-0.3, -0.25) is 0 Å². The molecule has 0 bridgehead atoms. The summed E-state index contributed by atoms with van der Waals surface area (Å²) in [4.78, 5) is 11.8. The van der Waals surface area contributed by atoms with E-state index in [1.54, 1.807) is 19.2 Å². The number of aromatic hydroxyl groups is 1. The summed E-state index contributed by atoms with van der Waals surface area (Å²) >= 11 is 0. The van der Waals surface area contributed by atoms with Crippen molar-refractivity contribution in [2.75, 3.05) is 6.61 Å². The van der Waals surface area contributed by atoms with Crippen LogP contribution in [0.1, 0.15) is 59.6 Å². The van der Waals surface area contributed by atoms with Crippen LogP contribution in [0.25, 0.3) is 11.3 Å². The Morgan fingerprint density at radius 2 is 1.64 bits per heavy atom. The fraction of sp³-hybridized carbons (Fsp3) is 0.500. The van der Waals surface area contributed by atoms with Gasteiger partial charge in [0.05, 0.1) is 12.3 Å². The van der Waals surface area contributed by atoms with Crippen LogP contribution < -0.4 is 0 Å². The van der Waals surface area contributed by atoms with E-state index in [1.807, 2.05) is 12.1 Å². The first-order chi connectivity index (χ1) is 11.4. The van der Waals surface area contributed by atoms with E-state index in [4.69, 9.17) is 4.74 Å². The fourth-order valence-corrected chi connectivity index (χ4v) is 2.69. The van der Waals surface area contributed by atoms with Crippen molar-refractivity contribution in [1.82, 2.24) is 9.78 Å². The molecule has 0 spiro atoms. The molecule has 0 saturated carbocycles. The molecule has 1 aromatic carbocycles. The number of aromatic nitrogens is 2. The van der Waals surface area contributed by atoms with Crippen molar-refractivity contribution in [3.8, 4) is 17.0 Å². The molecule has 25 heavy (non-hydrogen) atoms. The lowest BCUT2D eigenvalue weighted by atomic mass is 9.78. The van der Waals surface area contributed by atoms with E-state index in [0.29, 0.717) is 18.1 Å². The van der Waals surface area contributed by atoms with Crippen molar-refractivity contribution in [3.63, 3.8) is 0 Å². The summed E-state index contributed by atoms with van der Waals surface area (Å²) in [5, 5.41) is 15.1. The second-order valence-corrected chi connectivity index (χ2v) is 8.26. The van der Waals surface area contributed by atoms with Gasteiger partial charge in [0.1, 0.15) is 5.75 Å². The van der Waals surface area contributed by atoms with Crippen LogP contribution in [0.15, 0.2) is 24.4 Å². The van der Waals surface area contributed by atoms with Crippen LogP contribution in [0.2, 0.25) is 0 Å². The second-order valence-electron chi connectivity index (χ2n) is 8.26. The summed E-state index contributed by atoms with van der Waals surface area (Å²) in [7, 11) is 0. The Morgan fingerprint density at radius 1 is 1.12 bits per heavy atom. The van der Waals surface area contributed by atoms with E-state index in [-0.39, 0.29) is 10.8 Å². The molecule has 0 amide bonds. The van der Waals surface area contributed by atoms with Gasteiger partial charge in [0, 0.05) is 22.9 Å². The first-order valence-electron chi connectivity index (χ1n) is 8.56. The Hall–Kier alpha value is -2.30. The second kappa shape index (κ2) is 6.54. The molecule has 136 valence electrons. The van der Waals surface area contributed by atoms with Gasteiger partial charge in [-0.1, -0.05) is 41.5 Å². The predicted molar refractivity (Wildman–Crippen MR) is 99.1 cm³/mol. The number of benzene rings is 1. The predicted octanol–water partition coefficient (Wildman–Crippen LogP) is 4.86. The highest BCUT2D eigenvalue weighted by Gasteiger charge is 2.27. The summed E-state index contributed by atoms with van der Waals surface area (Å²) in [5.41, 5.74) is 2.83. The Balaban J connectivity index is 2.61. The smallest absolute Gasteiger partial charge is 0.434 e. The maximum Gasteiger partial charge on any atom is 0.434 e. The number of carbonyl (C=O) groups excluding carboxylic acids is 1. The van der Waals surface area contributed by atoms with Crippen LogP contribution in [-0.2, 0) is 15.6 Å². The topological polar surface area (TPSA) is 64.3 Å². The largest absolute Gasteiger partial charge is 0.507 e. The van der Waals surface area contributed by atoms with Crippen molar-refractivity contribution >= 4 is 6.09 Å². The third-order valence-electron chi connectivity index (χ3n) is 4.07. The van der Waals surface area contributed by atoms with Crippen LogP contribution >= 0.6 is 0 Å². The number of nitrogens with zero attached hydrogens (tertiary/aromatic N) is 2. The average molecular weight is 344 g/mol. The zero-order valence-corrected chi connectivity index (χ0v) is 16.2. The number of phenolic OH excluding ortho intramolecular Hbond substituents is 1. The van der Waals surface area contributed by atoms with E-state index in [2.05, 4.69) is 46.6 Å². The average Bonchev–Trinajstić information content (AvgIpc) is 2.95. The van der Waals surface area contributed by atoms with E-state index in [0.717, 1.165) is 16.7 Å². The van der Waals surface area contributed by atoms with Crippen molar-refractivity contribution in [1.29, 1.82) is 0 Å². The highest BCUT2D eigenvalue weighted by Crippen LogP contribution is 2.41. The highest BCUT2D eigenvalue weighted by molar-refractivity contribution is 5.72. The van der Waals surface area contributed by atoms with Crippen molar-refractivity contribution in [3.05, 3.63) is 35.5 Å². The Labute approximate surface area is 149 Å². The SMILES string of the molecule is CCOC(=O)n1ccc(-c2cc(C(C)(C)C)c(O)c(C(C)(C)C)c2)n1. The van der Waals surface area contributed by atoms with Gasteiger partial charge in [-0.15, -0.1) is 0 Å². The first kappa shape index (κ1) is 19.0. The zero-order chi connectivity index (χ0) is 19.0. The van der Waals surface area contributed by atoms with Gasteiger partial charge >= 0.3 is 6.09 Å². The zero-order valence-electron chi connectivity index (χ0n) is 16.2. The van der Waals surface area contributed by atoms with Crippen LogP contribution in [0, 0.1) is 0 Å². The molecule has 1 N–H and O–H groups in total. The van der Waals surface area contributed by atoms with E-state index in [9.17, 15) is 9.90 Å². The van der Waals surface area contributed by atoms with Gasteiger partial charge in [0.15, 0.2) is 0 Å². The molecule has 1 heterocycles. The molecule has 0 aliphatic heterocycles. The molecule has 0 atom stereocenters. The molecule has 1 aromatic heterocycles.